The van der Waals surface area contributed by atoms with Gasteiger partial charge in [-0.15, -0.1) is 0 Å². The summed E-state index contributed by atoms with van der Waals surface area (Å²) in [5.74, 6) is -0.224. The molecule has 3 nitrogen and oxygen atoms in total. The molecule has 0 radical (unpaired) electrons. The summed E-state index contributed by atoms with van der Waals surface area (Å²) < 4.78 is 5.44. The largest absolute Gasteiger partial charge is 0.481 e. The Bertz CT molecular complexity index is 269. The van der Waals surface area contributed by atoms with Crippen LogP contribution in [0.5, 0.6) is 0 Å². The molecule has 0 spiro atoms. The van der Waals surface area contributed by atoms with E-state index in [9.17, 15) is 9.90 Å². The lowest BCUT2D eigenvalue weighted by molar-refractivity contribution is -0.158. The number of rotatable bonds is 3. The third-order valence-corrected chi connectivity index (χ3v) is 4.91. The van der Waals surface area contributed by atoms with Gasteiger partial charge in [-0.2, -0.15) is 0 Å². The molecule has 3 heteroatoms. The van der Waals surface area contributed by atoms with Crippen molar-refractivity contribution in [2.75, 3.05) is 7.11 Å². The average molecular weight is 240 g/mol. The van der Waals surface area contributed by atoms with Crippen molar-refractivity contribution in [2.45, 2.75) is 63.9 Å². The highest BCUT2D eigenvalue weighted by molar-refractivity contribution is 5.75. The van der Waals surface area contributed by atoms with Crippen LogP contribution >= 0.6 is 0 Å². The topological polar surface area (TPSA) is 46.5 Å². The smallest absolute Gasteiger partial charge is 0.309 e. The Morgan fingerprint density at radius 2 is 1.88 bits per heavy atom. The fourth-order valence-electron chi connectivity index (χ4n) is 3.84. The first-order valence-electron chi connectivity index (χ1n) is 6.95. The van der Waals surface area contributed by atoms with Crippen molar-refractivity contribution in [3.8, 4) is 0 Å². The molecule has 2 rings (SSSR count). The summed E-state index contributed by atoms with van der Waals surface area (Å²) >= 11 is 0. The van der Waals surface area contributed by atoms with Gasteiger partial charge in [0.2, 0.25) is 0 Å². The molecule has 0 saturated heterocycles. The molecule has 2 aliphatic carbocycles. The minimum atomic E-state index is -0.557. The van der Waals surface area contributed by atoms with E-state index in [2.05, 4.69) is 0 Å². The van der Waals surface area contributed by atoms with Gasteiger partial charge < -0.3 is 9.84 Å². The number of ether oxygens (including phenoxy) is 1. The number of hydrogen-bond donors (Lipinski definition) is 1. The Kier molecular flexibility index (Phi) is 4.08. The Hall–Kier alpha value is -0.570. The normalized spacial score (nSPS) is 33.2. The van der Waals surface area contributed by atoms with Crippen molar-refractivity contribution < 1.29 is 14.6 Å². The van der Waals surface area contributed by atoms with Crippen molar-refractivity contribution in [2.24, 2.45) is 11.3 Å². The van der Waals surface area contributed by atoms with E-state index in [-0.39, 0.29) is 6.10 Å². The first kappa shape index (κ1) is 12.9. The molecule has 0 heterocycles. The lowest BCUT2D eigenvalue weighted by Crippen LogP contribution is -2.43. The van der Waals surface area contributed by atoms with Crippen molar-refractivity contribution in [1.29, 1.82) is 0 Å². The summed E-state index contributed by atoms with van der Waals surface area (Å²) in [5, 5.41) is 9.66. The van der Waals surface area contributed by atoms with Gasteiger partial charge in [-0.25, -0.2) is 0 Å². The number of hydrogen-bond acceptors (Lipinski definition) is 2. The van der Waals surface area contributed by atoms with Gasteiger partial charge in [0.05, 0.1) is 11.5 Å². The maximum absolute atomic E-state index is 11.7. The van der Waals surface area contributed by atoms with Gasteiger partial charge in [-0.1, -0.05) is 25.7 Å². The summed E-state index contributed by atoms with van der Waals surface area (Å²) in [6, 6.07) is 0. The second-order valence-electron chi connectivity index (χ2n) is 5.74. The second-order valence-corrected chi connectivity index (χ2v) is 5.74. The molecule has 1 N–H and O–H groups in total. The van der Waals surface area contributed by atoms with E-state index in [1.807, 2.05) is 0 Å². The van der Waals surface area contributed by atoms with Crippen molar-refractivity contribution >= 4 is 5.97 Å². The van der Waals surface area contributed by atoms with Gasteiger partial charge in [0, 0.05) is 7.11 Å². The van der Waals surface area contributed by atoms with Gasteiger partial charge in [-0.05, 0) is 38.0 Å². The highest BCUT2D eigenvalue weighted by Crippen LogP contribution is 2.48. The Morgan fingerprint density at radius 1 is 1.18 bits per heavy atom. The molecule has 2 aliphatic rings. The molecule has 0 bridgehead atoms. The van der Waals surface area contributed by atoms with Gasteiger partial charge in [-0.3, -0.25) is 4.79 Å². The molecule has 98 valence electrons. The Labute approximate surface area is 104 Å². The number of carbonyl (C=O) groups is 1. The third kappa shape index (κ3) is 2.49. The van der Waals surface area contributed by atoms with E-state index in [1.54, 1.807) is 7.11 Å². The van der Waals surface area contributed by atoms with E-state index in [1.165, 1.54) is 6.42 Å². The second kappa shape index (κ2) is 5.38. The zero-order chi connectivity index (χ0) is 12.3. The van der Waals surface area contributed by atoms with Crippen LogP contribution in [0.1, 0.15) is 57.8 Å². The molecule has 2 saturated carbocycles. The molecule has 2 unspecified atom stereocenters. The van der Waals surface area contributed by atoms with Crippen LogP contribution in [-0.2, 0) is 9.53 Å². The summed E-state index contributed by atoms with van der Waals surface area (Å²) in [6.45, 7) is 0. The van der Waals surface area contributed by atoms with Gasteiger partial charge >= 0.3 is 5.97 Å². The van der Waals surface area contributed by atoms with Crippen LogP contribution in [-0.4, -0.2) is 24.3 Å². The molecular weight excluding hydrogens is 216 g/mol. The quantitative estimate of drug-likeness (QED) is 0.823. The number of carboxylic acid groups (broad SMARTS) is 1. The highest BCUT2D eigenvalue weighted by Gasteiger charge is 2.47. The Balaban J connectivity index is 2.12. The number of aliphatic carboxylic acids is 1. The van der Waals surface area contributed by atoms with Gasteiger partial charge in [0.15, 0.2) is 0 Å². The van der Waals surface area contributed by atoms with E-state index in [0.717, 1.165) is 51.4 Å². The predicted octanol–water partition coefficient (Wildman–Crippen LogP) is 3.23. The van der Waals surface area contributed by atoms with E-state index in [0.29, 0.717) is 5.92 Å². The minimum Gasteiger partial charge on any atom is -0.481 e. The lowest BCUT2D eigenvalue weighted by Gasteiger charge is -2.43. The van der Waals surface area contributed by atoms with Crippen molar-refractivity contribution in [1.82, 2.24) is 0 Å². The summed E-state index contributed by atoms with van der Waals surface area (Å²) in [4.78, 5) is 11.7. The molecule has 2 atom stereocenters. The molecule has 2 fully saturated rings. The third-order valence-electron chi connectivity index (χ3n) is 4.91. The first-order chi connectivity index (χ1) is 8.19. The summed E-state index contributed by atoms with van der Waals surface area (Å²) in [5.41, 5.74) is -0.435. The molecule has 0 aromatic rings. The molecule has 0 aromatic carbocycles. The van der Waals surface area contributed by atoms with E-state index >= 15 is 0 Å². The average Bonchev–Trinajstić information content (AvgIpc) is 2.39. The molecule has 17 heavy (non-hydrogen) atoms. The molecular formula is C14H24O3. The van der Waals surface area contributed by atoms with Crippen molar-refractivity contribution in [3.63, 3.8) is 0 Å². The van der Waals surface area contributed by atoms with Crippen LogP contribution in [0.4, 0.5) is 0 Å². The van der Waals surface area contributed by atoms with Crippen LogP contribution in [0.15, 0.2) is 0 Å². The van der Waals surface area contributed by atoms with Crippen LogP contribution in [0.2, 0.25) is 0 Å². The van der Waals surface area contributed by atoms with Crippen LogP contribution in [0.3, 0.4) is 0 Å². The summed E-state index contributed by atoms with van der Waals surface area (Å²) in [6.07, 6.45) is 9.66. The predicted molar refractivity (Wildman–Crippen MR) is 65.9 cm³/mol. The van der Waals surface area contributed by atoms with Crippen LogP contribution in [0, 0.1) is 11.3 Å². The Morgan fingerprint density at radius 3 is 2.47 bits per heavy atom. The maximum Gasteiger partial charge on any atom is 0.309 e. The number of methoxy groups -OCH3 is 1. The molecule has 0 aromatic heterocycles. The van der Waals surface area contributed by atoms with Gasteiger partial charge in [0.1, 0.15) is 0 Å². The monoisotopic (exact) mass is 240 g/mol. The zero-order valence-corrected chi connectivity index (χ0v) is 10.8. The fourth-order valence-corrected chi connectivity index (χ4v) is 3.84. The lowest BCUT2D eigenvalue weighted by atomic mass is 9.61. The molecule has 0 amide bonds. The highest BCUT2D eigenvalue weighted by atomic mass is 16.5. The van der Waals surface area contributed by atoms with Crippen LogP contribution < -0.4 is 0 Å². The zero-order valence-electron chi connectivity index (χ0n) is 10.8. The van der Waals surface area contributed by atoms with E-state index < -0.39 is 11.4 Å². The SMILES string of the molecule is COC1CCCC(C2(C(=O)O)CCCCC2)C1. The fraction of sp³-hybridized carbons (Fsp3) is 0.929. The number of carboxylic acids is 1. The maximum atomic E-state index is 11.7. The minimum absolute atomic E-state index is 0.284. The molecule has 0 aliphatic heterocycles. The van der Waals surface area contributed by atoms with Crippen LogP contribution in [0.25, 0.3) is 0 Å². The van der Waals surface area contributed by atoms with Crippen molar-refractivity contribution in [3.05, 3.63) is 0 Å². The first-order valence-corrected chi connectivity index (χ1v) is 6.95. The standard InChI is InChI=1S/C14H24O3/c1-17-12-7-5-6-11(10-12)14(13(15)16)8-3-2-4-9-14/h11-12H,2-10H2,1H3,(H,15,16). The van der Waals surface area contributed by atoms with Gasteiger partial charge in [0.25, 0.3) is 0 Å². The van der Waals surface area contributed by atoms with E-state index in [4.69, 9.17) is 4.74 Å². The summed E-state index contributed by atoms with van der Waals surface area (Å²) in [7, 11) is 1.75.